The lowest BCUT2D eigenvalue weighted by Gasteiger charge is -2.18. The van der Waals surface area contributed by atoms with Crippen LogP contribution in [0.15, 0.2) is 35.0 Å². The zero-order chi connectivity index (χ0) is 19.0. The van der Waals surface area contributed by atoms with Crippen LogP contribution in [0.2, 0.25) is 10.0 Å². The van der Waals surface area contributed by atoms with Crippen LogP contribution in [0, 0.1) is 12.7 Å². The Labute approximate surface area is 159 Å². The number of amides is 1. The standard InChI is InChI=1S/C18H16Cl2FN3O2/c1-10-15(17(22-26-10)16-13(20)5-4-6-14(16)21)18(25)24(3)9-12-7-11(19)8-23(12)2/h4-8H,9H2,1-3H3. The Hall–Kier alpha value is -2.31. The molecule has 0 aliphatic heterocycles. The molecule has 2 aromatic heterocycles. The van der Waals surface area contributed by atoms with Gasteiger partial charge in [0.25, 0.3) is 5.91 Å². The predicted octanol–water partition coefficient (Wildman–Crippen LogP) is 4.71. The molecule has 0 spiro atoms. The molecular weight excluding hydrogens is 380 g/mol. The van der Waals surface area contributed by atoms with Crippen LogP contribution in [-0.4, -0.2) is 27.6 Å². The van der Waals surface area contributed by atoms with Crippen LogP contribution in [0.1, 0.15) is 21.8 Å². The highest BCUT2D eigenvalue weighted by Gasteiger charge is 2.27. The van der Waals surface area contributed by atoms with Gasteiger partial charge in [-0.05, 0) is 25.1 Å². The normalized spacial score (nSPS) is 11.0. The first-order chi connectivity index (χ1) is 12.3. The Kier molecular flexibility index (Phi) is 5.07. The third kappa shape index (κ3) is 3.34. The Morgan fingerprint density at radius 2 is 2.12 bits per heavy atom. The second-order valence-electron chi connectivity index (χ2n) is 5.98. The van der Waals surface area contributed by atoms with Crippen LogP contribution >= 0.6 is 23.2 Å². The van der Waals surface area contributed by atoms with Crippen molar-refractivity contribution in [2.24, 2.45) is 7.05 Å². The Morgan fingerprint density at radius 1 is 1.38 bits per heavy atom. The molecule has 1 amide bonds. The minimum Gasteiger partial charge on any atom is -0.360 e. The first-order valence-corrected chi connectivity index (χ1v) is 8.52. The zero-order valence-electron chi connectivity index (χ0n) is 14.4. The van der Waals surface area contributed by atoms with Crippen LogP contribution in [0.3, 0.4) is 0 Å². The second-order valence-corrected chi connectivity index (χ2v) is 6.82. The molecule has 5 nitrogen and oxygen atoms in total. The number of carbonyl (C=O) groups is 1. The van der Waals surface area contributed by atoms with Gasteiger partial charge >= 0.3 is 0 Å². The van der Waals surface area contributed by atoms with Gasteiger partial charge in [0.1, 0.15) is 22.8 Å². The van der Waals surface area contributed by atoms with E-state index in [1.807, 2.05) is 11.6 Å². The zero-order valence-corrected chi connectivity index (χ0v) is 15.9. The van der Waals surface area contributed by atoms with Crippen molar-refractivity contribution in [1.29, 1.82) is 0 Å². The summed E-state index contributed by atoms with van der Waals surface area (Å²) in [6.07, 6.45) is 1.75. The van der Waals surface area contributed by atoms with Crippen molar-refractivity contribution >= 4 is 29.1 Å². The molecule has 136 valence electrons. The molecular formula is C18H16Cl2FN3O2. The van der Waals surface area contributed by atoms with E-state index in [2.05, 4.69) is 5.16 Å². The Balaban J connectivity index is 1.98. The molecule has 0 saturated carbocycles. The maximum Gasteiger partial charge on any atom is 0.259 e. The lowest BCUT2D eigenvalue weighted by Crippen LogP contribution is -2.27. The van der Waals surface area contributed by atoms with Gasteiger partial charge in [-0.3, -0.25) is 4.79 Å². The molecule has 0 atom stereocenters. The van der Waals surface area contributed by atoms with Crippen LogP contribution in [-0.2, 0) is 13.6 Å². The maximum atomic E-state index is 14.3. The van der Waals surface area contributed by atoms with E-state index >= 15 is 0 Å². The van der Waals surface area contributed by atoms with Crippen molar-refractivity contribution < 1.29 is 13.7 Å². The number of aromatic nitrogens is 2. The number of benzene rings is 1. The van der Waals surface area contributed by atoms with E-state index < -0.39 is 5.82 Å². The summed E-state index contributed by atoms with van der Waals surface area (Å²) in [6.45, 7) is 1.92. The van der Waals surface area contributed by atoms with Gasteiger partial charge < -0.3 is 14.0 Å². The summed E-state index contributed by atoms with van der Waals surface area (Å²) in [5, 5.41) is 4.61. The van der Waals surface area contributed by atoms with Crippen molar-refractivity contribution in [3.63, 3.8) is 0 Å². The minimum atomic E-state index is -0.572. The molecule has 8 heteroatoms. The number of aryl methyl sites for hydroxylation is 2. The Morgan fingerprint density at radius 3 is 2.73 bits per heavy atom. The van der Waals surface area contributed by atoms with Crippen molar-refractivity contribution in [2.45, 2.75) is 13.5 Å². The lowest BCUT2D eigenvalue weighted by atomic mass is 10.0. The minimum absolute atomic E-state index is 0.0460. The maximum absolute atomic E-state index is 14.3. The highest BCUT2D eigenvalue weighted by molar-refractivity contribution is 6.33. The van der Waals surface area contributed by atoms with E-state index in [1.165, 1.54) is 23.1 Å². The molecule has 1 aromatic carbocycles. The predicted molar refractivity (Wildman–Crippen MR) is 97.9 cm³/mol. The number of nitrogens with zero attached hydrogens (tertiary/aromatic N) is 3. The van der Waals surface area contributed by atoms with Gasteiger partial charge in [0.05, 0.1) is 22.2 Å². The second kappa shape index (κ2) is 7.13. The monoisotopic (exact) mass is 395 g/mol. The summed E-state index contributed by atoms with van der Waals surface area (Å²) in [7, 11) is 3.48. The van der Waals surface area contributed by atoms with Crippen molar-refractivity contribution in [1.82, 2.24) is 14.6 Å². The summed E-state index contributed by atoms with van der Waals surface area (Å²) >= 11 is 12.1. The van der Waals surface area contributed by atoms with Gasteiger partial charge in [-0.15, -0.1) is 0 Å². The first kappa shape index (κ1) is 18.5. The van der Waals surface area contributed by atoms with E-state index in [-0.39, 0.29) is 27.8 Å². The fourth-order valence-electron chi connectivity index (χ4n) is 2.75. The fourth-order valence-corrected chi connectivity index (χ4v) is 3.27. The molecule has 0 unspecified atom stereocenters. The van der Waals surface area contributed by atoms with E-state index in [0.29, 0.717) is 17.3 Å². The average Bonchev–Trinajstić information content (AvgIpc) is 3.09. The summed E-state index contributed by atoms with van der Waals surface area (Å²) in [5.74, 6) is -0.631. The van der Waals surface area contributed by atoms with Crippen LogP contribution < -0.4 is 0 Å². The number of hydrogen-bond donors (Lipinski definition) is 0. The lowest BCUT2D eigenvalue weighted by molar-refractivity contribution is 0.0781. The molecule has 0 aliphatic carbocycles. The van der Waals surface area contributed by atoms with Crippen LogP contribution in [0.4, 0.5) is 4.39 Å². The van der Waals surface area contributed by atoms with Gasteiger partial charge in [0.15, 0.2) is 0 Å². The Bertz CT molecular complexity index is 961. The molecule has 0 aliphatic rings. The number of carbonyl (C=O) groups excluding carboxylic acids is 1. The van der Waals surface area contributed by atoms with E-state index in [1.54, 1.807) is 26.2 Å². The molecule has 0 saturated heterocycles. The third-order valence-corrected chi connectivity index (χ3v) is 4.62. The summed E-state index contributed by atoms with van der Waals surface area (Å²) < 4.78 is 21.3. The topological polar surface area (TPSA) is 51.3 Å². The fraction of sp³-hybridized carbons (Fsp3) is 0.222. The number of rotatable bonds is 4. The van der Waals surface area contributed by atoms with Crippen LogP contribution in [0.25, 0.3) is 11.3 Å². The van der Waals surface area contributed by atoms with Gasteiger partial charge in [0.2, 0.25) is 0 Å². The molecule has 3 rings (SSSR count). The van der Waals surface area contributed by atoms with Gasteiger partial charge in [0, 0.05) is 26.0 Å². The number of hydrogen-bond acceptors (Lipinski definition) is 3. The highest BCUT2D eigenvalue weighted by Crippen LogP contribution is 2.34. The first-order valence-electron chi connectivity index (χ1n) is 7.76. The van der Waals surface area contributed by atoms with Crippen molar-refractivity contribution in [2.75, 3.05) is 7.05 Å². The smallest absolute Gasteiger partial charge is 0.259 e. The van der Waals surface area contributed by atoms with E-state index in [0.717, 1.165) is 5.69 Å². The summed E-state index contributed by atoms with van der Waals surface area (Å²) in [6, 6.07) is 6.06. The molecule has 3 aromatic rings. The molecule has 0 bridgehead atoms. The van der Waals surface area contributed by atoms with E-state index in [9.17, 15) is 9.18 Å². The van der Waals surface area contributed by atoms with Gasteiger partial charge in [-0.2, -0.15) is 0 Å². The molecule has 2 heterocycles. The SMILES string of the molecule is Cc1onc(-c2c(F)cccc2Cl)c1C(=O)N(C)Cc1cc(Cl)cn1C. The average molecular weight is 396 g/mol. The summed E-state index contributed by atoms with van der Waals surface area (Å²) in [4.78, 5) is 14.5. The largest absolute Gasteiger partial charge is 0.360 e. The van der Waals surface area contributed by atoms with Crippen molar-refractivity contribution in [3.8, 4) is 11.3 Å². The third-order valence-electron chi connectivity index (χ3n) is 4.10. The van der Waals surface area contributed by atoms with Gasteiger partial charge in [-0.25, -0.2) is 4.39 Å². The molecule has 26 heavy (non-hydrogen) atoms. The van der Waals surface area contributed by atoms with E-state index in [4.69, 9.17) is 27.7 Å². The molecule has 0 N–H and O–H groups in total. The summed E-state index contributed by atoms with van der Waals surface area (Å²) in [5.41, 5.74) is 1.17. The molecule has 0 radical (unpaired) electrons. The van der Waals surface area contributed by atoms with Crippen LogP contribution in [0.5, 0.6) is 0 Å². The highest BCUT2D eigenvalue weighted by atomic mass is 35.5. The molecule has 0 fully saturated rings. The van der Waals surface area contributed by atoms with Gasteiger partial charge in [-0.1, -0.05) is 34.4 Å². The number of halogens is 3. The van der Waals surface area contributed by atoms with Crippen molar-refractivity contribution in [3.05, 3.63) is 63.3 Å². The quantitative estimate of drug-likeness (QED) is 0.642.